The van der Waals surface area contributed by atoms with Gasteiger partial charge in [0.1, 0.15) is 42.9 Å². The van der Waals surface area contributed by atoms with E-state index >= 15 is 4.79 Å². The summed E-state index contributed by atoms with van der Waals surface area (Å²) in [5.74, 6) is -1.68. The summed E-state index contributed by atoms with van der Waals surface area (Å²) in [6.45, 7) is 6.80. The minimum Gasteiger partial charge on any atom is -0.489 e. The maximum Gasteiger partial charge on any atom is 0.239 e. The van der Waals surface area contributed by atoms with Gasteiger partial charge in [-0.3, -0.25) is 4.79 Å². The number of amides is 1. The van der Waals surface area contributed by atoms with E-state index in [4.69, 9.17) is 24.2 Å². The first-order chi connectivity index (χ1) is 31.8. The topological polar surface area (TPSA) is 110 Å². The summed E-state index contributed by atoms with van der Waals surface area (Å²) in [5.41, 5.74) is 3.76. The first-order valence-corrected chi connectivity index (χ1v) is 24.3. The van der Waals surface area contributed by atoms with Crippen molar-refractivity contribution in [3.05, 3.63) is 119 Å². The molecule has 6 rings (SSSR count). The zero-order valence-electron chi connectivity index (χ0n) is 38.7. The lowest BCUT2D eigenvalue weighted by Crippen LogP contribution is -2.70. The molecule has 0 aromatic heterocycles. The first kappa shape index (κ1) is 49.8. The van der Waals surface area contributed by atoms with E-state index in [1.165, 1.54) is 57.4 Å². The van der Waals surface area contributed by atoms with Crippen molar-refractivity contribution >= 4 is 11.6 Å². The van der Waals surface area contributed by atoms with Crippen LogP contribution in [0.1, 0.15) is 139 Å². The van der Waals surface area contributed by atoms with Crippen molar-refractivity contribution < 1.29 is 42.8 Å². The van der Waals surface area contributed by atoms with Crippen molar-refractivity contribution in [1.82, 2.24) is 4.90 Å². The third-order valence-corrected chi connectivity index (χ3v) is 13.7. The fourth-order valence-corrected chi connectivity index (χ4v) is 10.5. The molecule has 2 aliphatic carbocycles. The fraction of sp³-hybridized carbons (Fsp3) is 0.556. The number of carbonyl (C=O) groups is 1. The second kappa shape index (κ2) is 25.4. The Bertz CT molecular complexity index is 2020. The predicted octanol–water partition coefficient (Wildman–Crippen LogP) is 11.8. The largest absolute Gasteiger partial charge is 0.489 e. The molecule has 0 bridgehead atoms. The number of aliphatic hydroxyl groups is 2. The molecule has 354 valence electrons. The SMILES string of the molecule is C=CCO[C@@]12Oc3ccc(OCc4ccccc4F)cc3[C@H]3[C@H](CCCCO)[C@@H](CCCCO)C=C(C(=NOC)C[C@@H]1N(Cc1ccc(F)cc1)C(=O)CCCCCCCCCCC)[C@H]32. The van der Waals surface area contributed by atoms with Gasteiger partial charge in [-0.05, 0) is 91.5 Å². The number of carbonyl (C=O) groups excluding carboxylic acids is 1. The van der Waals surface area contributed by atoms with Crippen LogP contribution in [-0.4, -0.2) is 65.5 Å². The molecule has 0 spiro atoms. The Kier molecular flexibility index (Phi) is 19.4. The molecular weight excluding hydrogens is 827 g/mol. The van der Waals surface area contributed by atoms with Gasteiger partial charge in [-0.25, -0.2) is 8.78 Å². The molecule has 11 heteroatoms. The molecule has 1 saturated carbocycles. The second-order valence-corrected chi connectivity index (χ2v) is 18.1. The number of halogens is 2. The van der Waals surface area contributed by atoms with Crippen molar-refractivity contribution in [2.75, 3.05) is 26.9 Å². The second-order valence-electron chi connectivity index (χ2n) is 18.1. The molecule has 0 unspecified atom stereocenters. The summed E-state index contributed by atoms with van der Waals surface area (Å²) in [7, 11) is 1.53. The lowest BCUT2D eigenvalue weighted by atomic mass is 9.55. The molecule has 1 heterocycles. The van der Waals surface area contributed by atoms with E-state index < -0.39 is 17.7 Å². The third kappa shape index (κ3) is 12.7. The van der Waals surface area contributed by atoms with Gasteiger partial charge in [-0.2, -0.15) is 0 Å². The van der Waals surface area contributed by atoms with Crippen LogP contribution in [0.4, 0.5) is 8.78 Å². The highest BCUT2D eigenvalue weighted by Crippen LogP contribution is 2.62. The number of fused-ring (bicyclic) bond motifs is 2. The molecule has 9 nitrogen and oxygen atoms in total. The van der Waals surface area contributed by atoms with Gasteiger partial charge >= 0.3 is 0 Å². The number of hydrogen-bond donors (Lipinski definition) is 2. The lowest BCUT2D eigenvalue weighted by molar-refractivity contribution is -0.258. The van der Waals surface area contributed by atoms with Crippen molar-refractivity contribution in [3.63, 3.8) is 0 Å². The normalized spacial score (nSPS) is 22.6. The van der Waals surface area contributed by atoms with Crippen LogP contribution in [0.5, 0.6) is 11.5 Å². The molecular formula is C54H72F2N2O7. The standard InChI is InChI=1S/C54H72F2N2O7/c1-4-6-7-8-9-10-11-12-13-24-51(61)58(37-39-25-27-42(55)28-26-39)50-36-48(57-62-3)45-34-40(20-16-18-31-59)44(22-17-19-32-60)52-46-35-43(63-38-41-21-14-15-23-47(41)56)29-30-49(46)65-54(50,53(45)52)64-33-5-2/h5,14-15,21,23,25-30,34-35,40,44,50,52-53,59-60H,2,4,6-13,16-20,22,24,31-33,36-38H2,1,3H3/t40-,44+,50-,52+,53+,54+/m0/s1. The number of oxime groups is 1. The molecule has 1 aliphatic heterocycles. The molecule has 65 heavy (non-hydrogen) atoms. The van der Waals surface area contributed by atoms with Gasteiger partial charge in [-0.1, -0.05) is 119 Å². The Hall–Kier alpha value is -4.58. The Morgan fingerprint density at radius 2 is 1.62 bits per heavy atom. The van der Waals surface area contributed by atoms with Crippen LogP contribution in [0.15, 0.2) is 96.2 Å². The Morgan fingerprint density at radius 3 is 2.31 bits per heavy atom. The summed E-state index contributed by atoms with van der Waals surface area (Å²) in [5, 5.41) is 24.6. The molecule has 0 radical (unpaired) electrons. The number of aliphatic hydroxyl groups excluding tert-OH is 2. The highest BCUT2D eigenvalue weighted by Gasteiger charge is 2.65. The molecule has 6 atom stereocenters. The molecule has 0 saturated heterocycles. The van der Waals surface area contributed by atoms with Gasteiger partial charge in [0, 0.05) is 49.6 Å². The molecule has 3 aliphatic rings. The van der Waals surface area contributed by atoms with Crippen LogP contribution in [0.25, 0.3) is 0 Å². The molecule has 2 N–H and O–H groups in total. The van der Waals surface area contributed by atoms with Crippen LogP contribution >= 0.6 is 0 Å². The highest BCUT2D eigenvalue weighted by molar-refractivity contribution is 6.03. The van der Waals surface area contributed by atoms with E-state index in [1.54, 1.807) is 36.4 Å². The molecule has 1 amide bonds. The summed E-state index contributed by atoms with van der Waals surface area (Å²) < 4.78 is 50.0. The number of ether oxygens (including phenoxy) is 3. The highest BCUT2D eigenvalue weighted by atomic mass is 19.1. The van der Waals surface area contributed by atoms with E-state index in [0.29, 0.717) is 42.0 Å². The van der Waals surface area contributed by atoms with Crippen LogP contribution < -0.4 is 9.47 Å². The predicted molar refractivity (Wildman–Crippen MR) is 251 cm³/mol. The summed E-state index contributed by atoms with van der Waals surface area (Å²) in [6, 6.07) is 17.9. The zero-order chi connectivity index (χ0) is 46.0. The number of allylic oxidation sites excluding steroid dienone is 1. The number of unbranched alkanes of at least 4 members (excludes halogenated alkanes) is 10. The van der Waals surface area contributed by atoms with E-state index in [0.717, 1.165) is 68.1 Å². The van der Waals surface area contributed by atoms with Gasteiger partial charge in [0.15, 0.2) is 0 Å². The smallest absolute Gasteiger partial charge is 0.239 e. The summed E-state index contributed by atoms with van der Waals surface area (Å²) in [6.07, 6.45) is 19.2. The Labute approximate surface area is 385 Å². The fourth-order valence-electron chi connectivity index (χ4n) is 10.5. The number of hydrogen-bond acceptors (Lipinski definition) is 8. The first-order valence-electron chi connectivity index (χ1n) is 24.3. The minimum atomic E-state index is -1.43. The van der Waals surface area contributed by atoms with E-state index in [1.807, 2.05) is 23.1 Å². The summed E-state index contributed by atoms with van der Waals surface area (Å²) in [4.78, 5) is 22.5. The van der Waals surface area contributed by atoms with Gasteiger partial charge in [0.2, 0.25) is 11.7 Å². The van der Waals surface area contributed by atoms with E-state index in [9.17, 15) is 19.0 Å². The van der Waals surface area contributed by atoms with Crippen molar-refractivity contribution in [3.8, 4) is 11.5 Å². The van der Waals surface area contributed by atoms with E-state index in [2.05, 4.69) is 19.6 Å². The average Bonchev–Trinajstić information content (AvgIpc) is 3.31. The van der Waals surface area contributed by atoms with Gasteiger partial charge in [-0.15, -0.1) is 6.58 Å². The number of nitrogens with zero attached hydrogens (tertiary/aromatic N) is 2. The molecule has 3 aromatic rings. The monoisotopic (exact) mass is 899 g/mol. The van der Waals surface area contributed by atoms with Crippen molar-refractivity contribution in [2.45, 2.75) is 147 Å². The van der Waals surface area contributed by atoms with Crippen LogP contribution in [0.2, 0.25) is 0 Å². The molecule has 1 fully saturated rings. The maximum absolute atomic E-state index is 15.0. The van der Waals surface area contributed by atoms with Gasteiger partial charge in [0.25, 0.3) is 0 Å². The zero-order valence-corrected chi connectivity index (χ0v) is 38.7. The lowest BCUT2D eigenvalue weighted by Gasteiger charge is -2.60. The third-order valence-electron chi connectivity index (χ3n) is 13.7. The average molecular weight is 899 g/mol. The van der Waals surface area contributed by atoms with Crippen molar-refractivity contribution in [2.24, 2.45) is 22.9 Å². The van der Waals surface area contributed by atoms with E-state index in [-0.39, 0.29) is 74.7 Å². The Balaban J connectivity index is 1.47. The Morgan fingerprint density at radius 1 is 0.908 bits per heavy atom. The minimum absolute atomic E-state index is 0.0240. The van der Waals surface area contributed by atoms with Crippen LogP contribution in [-0.2, 0) is 27.5 Å². The number of benzene rings is 3. The quantitative estimate of drug-likeness (QED) is 0.0424. The van der Waals surface area contributed by atoms with Crippen LogP contribution in [0, 0.1) is 29.4 Å². The van der Waals surface area contributed by atoms with Crippen LogP contribution in [0.3, 0.4) is 0 Å². The van der Waals surface area contributed by atoms with Gasteiger partial charge < -0.3 is 34.2 Å². The maximum atomic E-state index is 15.0. The van der Waals surface area contributed by atoms with Gasteiger partial charge in [0.05, 0.1) is 18.2 Å². The van der Waals surface area contributed by atoms with Crippen molar-refractivity contribution in [1.29, 1.82) is 0 Å². The molecule has 3 aromatic carbocycles. The number of rotatable bonds is 28. The summed E-state index contributed by atoms with van der Waals surface area (Å²) >= 11 is 0.